The molecule has 2 aromatic rings. The number of pyridine rings is 1. The molecule has 40 heavy (non-hydrogen) atoms. The Kier molecular flexibility index (Phi) is 8.26. The van der Waals surface area contributed by atoms with Gasteiger partial charge in [0.25, 0.3) is 0 Å². The summed E-state index contributed by atoms with van der Waals surface area (Å²) in [7, 11) is 0. The van der Waals surface area contributed by atoms with Crippen molar-refractivity contribution in [3.8, 4) is 0 Å². The molecule has 3 heterocycles. The molecule has 0 amide bonds. The molecule has 0 bridgehead atoms. The molecule has 212 valence electrons. The van der Waals surface area contributed by atoms with E-state index < -0.39 is 0 Å². The lowest BCUT2D eigenvalue weighted by Gasteiger charge is -2.44. The number of benzene rings is 1. The van der Waals surface area contributed by atoms with E-state index in [0.717, 1.165) is 47.5 Å². The third-order valence-corrected chi connectivity index (χ3v) is 8.70. The van der Waals surface area contributed by atoms with Crippen molar-refractivity contribution in [1.82, 2.24) is 9.88 Å². The zero-order valence-electron chi connectivity index (χ0n) is 25.5. The van der Waals surface area contributed by atoms with Crippen LogP contribution in [0.4, 0.5) is 5.69 Å². The number of aromatic nitrogens is 1. The second-order valence-corrected chi connectivity index (χ2v) is 13.4. The van der Waals surface area contributed by atoms with Gasteiger partial charge in [-0.05, 0) is 61.9 Å². The molecule has 0 aliphatic carbocycles. The highest BCUT2D eigenvalue weighted by molar-refractivity contribution is 6.07. The van der Waals surface area contributed by atoms with Gasteiger partial charge in [0.05, 0.1) is 0 Å². The average molecular weight is 540 g/mol. The second kappa shape index (κ2) is 11.2. The van der Waals surface area contributed by atoms with Crippen LogP contribution in [-0.2, 0) is 9.59 Å². The van der Waals surface area contributed by atoms with Gasteiger partial charge in [-0.3, -0.25) is 14.6 Å². The molecule has 2 aliphatic rings. The highest BCUT2D eigenvalue weighted by Crippen LogP contribution is 2.47. The second-order valence-electron chi connectivity index (χ2n) is 13.4. The predicted octanol–water partition coefficient (Wildman–Crippen LogP) is 7.57. The monoisotopic (exact) mass is 539 g/mol. The highest BCUT2D eigenvalue weighted by Gasteiger charge is 2.41. The Morgan fingerprint density at radius 1 is 1.02 bits per heavy atom. The molecule has 5 nitrogen and oxygen atoms in total. The molecule has 1 aromatic heterocycles. The third kappa shape index (κ3) is 6.14. The van der Waals surface area contributed by atoms with Crippen LogP contribution in [0.1, 0.15) is 85.3 Å². The highest BCUT2D eigenvalue weighted by atomic mass is 16.1. The van der Waals surface area contributed by atoms with E-state index in [1.165, 1.54) is 0 Å². The fourth-order valence-corrected chi connectivity index (χ4v) is 5.84. The summed E-state index contributed by atoms with van der Waals surface area (Å²) in [5, 5.41) is 0. The quantitative estimate of drug-likeness (QED) is 0.340. The SMILES string of the molecule is CCC(=O)C1=CN(c2ccncc2)CC(c2cccc(/C=C/C(=O)C3=CN(C(C)(C)C)CCC3(C)C)c2)C1(C)C. The fraction of sp³-hybridized carbons (Fsp3) is 0.457. The first kappa shape index (κ1) is 29.5. The molecule has 1 aromatic carbocycles. The van der Waals surface area contributed by atoms with Crippen molar-refractivity contribution in [2.45, 2.75) is 79.7 Å². The Morgan fingerprint density at radius 2 is 1.73 bits per heavy atom. The van der Waals surface area contributed by atoms with Crippen molar-refractivity contribution in [1.29, 1.82) is 0 Å². The van der Waals surface area contributed by atoms with Gasteiger partial charge in [0, 0.05) is 78.0 Å². The number of hydrogen-bond acceptors (Lipinski definition) is 5. The molecule has 0 radical (unpaired) electrons. The molecule has 0 saturated carbocycles. The summed E-state index contributed by atoms with van der Waals surface area (Å²) >= 11 is 0. The van der Waals surface area contributed by atoms with Crippen molar-refractivity contribution in [2.75, 3.05) is 18.0 Å². The zero-order chi connectivity index (χ0) is 29.3. The summed E-state index contributed by atoms with van der Waals surface area (Å²) in [5.41, 5.74) is 4.32. The van der Waals surface area contributed by atoms with Gasteiger partial charge in [0.15, 0.2) is 11.6 Å². The number of rotatable bonds is 7. The van der Waals surface area contributed by atoms with Crippen LogP contribution in [0.15, 0.2) is 78.4 Å². The predicted molar refractivity (Wildman–Crippen MR) is 165 cm³/mol. The van der Waals surface area contributed by atoms with Crippen LogP contribution in [-0.4, -0.2) is 40.1 Å². The van der Waals surface area contributed by atoms with Crippen LogP contribution < -0.4 is 4.90 Å². The maximum atomic E-state index is 13.5. The van der Waals surface area contributed by atoms with Gasteiger partial charge < -0.3 is 9.80 Å². The summed E-state index contributed by atoms with van der Waals surface area (Å²) in [4.78, 5) is 35.2. The van der Waals surface area contributed by atoms with E-state index in [1.54, 1.807) is 18.5 Å². The zero-order valence-corrected chi connectivity index (χ0v) is 25.5. The molecule has 1 atom stereocenters. The van der Waals surface area contributed by atoms with Crippen LogP contribution in [0, 0.1) is 10.8 Å². The van der Waals surface area contributed by atoms with Gasteiger partial charge in [-0.2, -0.15) is 0 Å². The lowest BCUT2D eigenvalue weighted by Crippen LogP contribution is -2.44. The minimum absolute atomic E-state index is 0.0243. The van der Waals surface area contributed by atoms with Gasteiger partial charge in [0.1, 0.15) is 0 Å². The van der Waals surface area contributed by atoms with E-state index in [2.05, 4.69) is 87.6 Å². The Bertz CT molecular complexity index is 1340. The number of ketones is 2. The molecular weight excluding hydrogens is 494 g/mol. The first-order valence-electron chi connectivity index (χ1n) is 14.5. The molecule has 0 N–H and O–H groups in total. The lowest BCUT2D eigenvalue weighted by atomic mass is 9.66. The molecule has 0 fully saturated rings. The number of anilines is 1. The minimum Gasteiger partial charge on any atom is -0.372 e. The summed E-state index contributed by atoms with van der Waals surface area (Å²) in [6.07, 6.45) is 12.7. The van der Waals surface area contributed by atoms with E-state index in [0.29, 0.717) is 6.42 Å². The number of hydrogen-bond donors (Lipinski definition) is 0. The van der Waals surface area contributed by atoms with E-state index in [9.17, 15) is 9.59 Å². The van der Waals surface area contributed by atoms with Crippen LogP contribution in [0.5, 0.6) is 0 Å². The van der Waals surface area contributed by atoms with Gasteiger partial charge in [-0.1, -0.05) is 65.0 Å². The van der Waals surface area contributed by atoms with Crippen molar-refractivity contribution < 1.29 is 9.59 Å². The van der Waals surface area contributed by atoms with E-state index in [-0.39, 0.29) is 33.9 Å². The molecule has 0 saturated heterocycles. The Balaban J connectivity index is 1.65. The molecule has 0 spiro atoms. The Labute approximate surface area is 240 Å². The van der Waals surface area contributed by atoms with Crippen LogP contribution in [0.2, 0.25) is 0 Å². The smallest absolute Gasteiger partial charge is 0.183 e. The summed E-state index contributed by atoms with van der Waals surface area (Å²) < 4.78 is 0. The Morgan fingerprint density at radius 3 is 2.38 bits per heavy atom. The van der Waals surface area contributed by atoms with Gasteiger partial charge in [0.2, 0.25) is 0 Å². The normalized spacial score (nSPS) is 20.8. The van der Waals surface area contributed by atoms with Gasteiger partial charge in [-0.25, -0.2) is 0 Å². The maximum absolute atomic E-state index is 13.5. The number of Topliss-reactive ketones (excluding diaryl/α,β-unsaturated/α-hetero) is 1. The number of carbonyl (C=O) groups is 2. The molecule has 2 aliphatic heterocycles. The number of allylic oxidation sites excluding steroid dienone is 3. The van der Waals surface area contributed by atoms with E-state index in [1.807, 2.05) is 37.4 Å². The summed E-state index contributed by atoms with van der Waals surface area (Å²) in [6.45, 7) is 18.8. The summed E-state index contributed by atoms with van der Waals surface area (Å²) in [6, 6.07) is 12.4. The molecule has 1 unspecified atom stereocenters. The van der Waals surface area contributed by atoms with Crippen LogP contribution >= 0.6 is 0 Å². The molecular formula is C35H45N3O2. The first-order chi connectivity index (χ1) is 18.7. The van der Waals surface area contributed by atoms with Crippen molar-refractivity contribution >= 4 is 23.3 Å². The number of carbonyl (C=O) groups excluding carboxylic acids is 2. The van der Waals surface area contributed by atoms with Gasteiger partial charge >= 0.3 is 0 Å². The largest absolute Gasteiger partial charge is 0.372 e. The topological polar surface area (TPSA) is 53.5 Å². The van der Waals surface area contributed by atoms with E-state index >= 15 is 0 Å². The van der Waals surface area contributed by atoms with Crippen molar-refractivity contribution in [3.63, 3.8) is 0 Å². The maximum Gasteiger partial charge on any atom is 0.183 e. The molecule has 5 heteroatoms. The molecule has 4 rings (SSSR count). The first-order valence-corrected chi connectivity index (χ1v) is 14.5. The lowest BCUT2D eigenvalue weighted by molar-refractivity contribution is -0.116. The van der Waals surface area contributed by atoms with Crippen molar-refractivity contribution in [3.05, 3.63) is 89.5 Å². The third-order valence-electron chi connectivity index (χ3n) is 8.70. The van der Waals surface area contributed by atoms with Gasteiger partial charge in [-0.15, -0.1) is 0 Å². The minimum atomic E-state index is -0.345. The van der Waals surface area contributed by atoms with Crippen LogP contribution in [0.25, 0.3) is 6.08 Å². The van der Waals surface area contributed by atoms with Crippen molar-refractivity contribution in [2.24, 2.45) is 10.8 Å². The van der Waals surface area contributed by atoms with E-state index in [4.69, 9.17) is 0 Å². The Hall–Kier alpha value is -3.47. The summed E-state index contributed by atoms with van der Waals surface area (Å²) in [5.74, 6) is 0.314. The van der Waals surface area contributed by atoms with Crippen LogP contribution in [0.3, 0.4) is 0 Å². The number of nitrogens with zero attached hydrogens (tertiary/aromatic N) is 3. The fourth-order valence-electron chi connectivity index (χ4n) is 5.84. The standard InChI is InChI=1S/C35H45N3O2/c1-9-31(39)30-23-37(27-15-18-36-19-16-27)22-28(35(30,7)8)26-12-10-11-25(21-26)13-14-32(40)29-24-38(33(2,3)4)20-17-34(29,5)6/h10-16,18-19,21,23-24,28H,9,17,20,22H2,1-8H3/b14-13+. The average Bonchev–Trinajstić information content (AvgIpc) is 2.90.